The zero-order valence-corrected chi connectivity index (χ0v) is 11.7. The normalized spacial score (nSPS) is 22.4. The Hall–Kier alpha value is -1.26. The predicted molar refractivity (Wildman–Crippen MR) is 69.4 cm³/mol. The van der Waals surface area contributed by atoms with Crippen LogP contribution in [0.4, 0.5) is 4.79 Å². The summed E-state index contributed by atoms with van der Waals surface area (Å²) in [5, 5.41) is 11.8. The standard InChI is InChI=1S/C13H24N2O3/c1-9-7-5-6-8-15(9)12(18)14-10(11(16)17)13(2,3)4/h9-10H,5-8H2,1-4H3,(H,14,18)(H,16,17)/t9?,10-/m1/s1. The summed E-state index contributed by atoms with van der Waals surface area (Å²) in [6, 6.07) is -0.934. The highest BCUT2D eigenvalue weighted by Gasteiger charge is 2.34. The molecular formula is C13H24N2O3. The van der Waals surface area contributed by atoms with E-state index in [0.717, 1.165) is 19.3 Å². The molecule has 2 atom stereocenters. The van der Waals surface area contributed by atoms with E-state index in [4.69, 9.17) is 0 Å². The van der Waals surface area contributed by atoms with Crippen LogP contribution in [0.3, 0.4) is 0 Å². The molecule has 0 aromatic heterocycles. The molecule has 1 unspecified atom stereocenters. The molecule has 1 saturated heterocycles. The van der Waals surface area contributed by atoms with Gasteiger partial charge in [0, 0.05) is 12.6 Å². The van der Waals surface area contributed by atoms with E-state index in [0.29, 0.717) is 6.54 Å². The number of piperidine rings is 1. The lowest BCUT2D eigenvalue weighted by atomic mass is 9.87. The number of carboxylic acids is 1. The van der Waals surface area contributed by atoms with Crippen molar-refractivity contribution < 1.29 is 14.7 Å². The molecular weight excluding hydrogens is 232 g/mol. The van der Waals surface area contributed by atoms with Crippen LogP contribution < -0.4 is 5.32 Å². The van der Waals surface area contributed by atoms with Gasteiger partial charge in [0.25, 0.3) is 0 Å². The first-order chi connectivity index (χ1) is 8.23. The number of nitrogens with zero attached hydrogens (tertiary/aromatic N) is 1. The first-order valence-corrected chi connectivity index (χ1v) is 6.53. The SMILES string of the molecule is CC1CCCCN1C(=O)N[C@H](C(=O)O)C(C)(C)C. The molecule has 1 aliphatic rings. The minimum Gasteiger partial charge on any atom is -0.480 e. The molecule has 1 rings (SSSR count). The number of carbonyl (C=O) groups is 2. The Kier molecular flexibility index (Phi) is 4.59. The Morgan fingerprint density at radius 2 is 1.94 bits per heavy atom. The van der Waals surface area contributed by atoms with Gasteiger partial charge in [0.15, 0.2) is 0 Å². The average molecular weight is 256 g/mol. The Balaban J connectivity index is 2.69. The van der Waals surface area contributed by atoms with Gasteiger partial charge in [-0.1, -0.05) is 20.8 Å². The fourth-order valence-electron chi connectivity index (χ4n) is 2.25. The van der Waals surface area contributed by atoms with Crippen molar-refractivity contribution in [1.29, 1.82) is 0 Å². The highest BCUT2D eigenvalue weighted by molar-refractivity contribution is 5.83. The Labute approximate surface area is 109 Å². The quantitative estimate of drug-likeness (QED) is 0.794. The minimum atomic E-state index is -0.986. The summed E-state index contributed by atoms with van der Waals surface area (Å²) < 4.78 is 0. The van der Waals surface area contributed by atoms with Crippen LogP contribution in [-0.4, -0.2) is 40.6 Å². The fraction of sp³-hybridized carbons (Fsp3) is 0.846. The van der Waals surface area contributed by atoms with Crippen LogP contribution in [0.5, 0.6) is 0 Å². The number of aliphatic carboxylic acids is 1. The molecule has 5 heteroatoms. The number of urea groups is 1. The molecule has 18 heavy (non-hydrogen) atoms. The summed E-state index contributed by atoms with van der Waals surface area (Å²) in [4.78, 5) is 25.1. The molecule has 1 fully saturated rings. The third-order valence-electron chi connectivity index (χ3n) is 3.44. The van der Waals surface area contributed by atoms with Crippen molar-refractivity contribution in [3.05, 3.63) is 0 Å². The summed E-state index contributed by atoms with van der Waals surface area (Å²) in [5.41, 5.74) is -0.499. The molecule has 5 nitrogen and oxygen atoms in total. The van der Waals surface area contributed by atoms with Gasteiger partial charge in [-0.2, -0.15) is 0 Å². The van der Waals surface area contributed by atoms with Gasteiger partial charge in [-0.25, -0.2) is 9.59 Å². The van der Waals surface area contributed by atoms with Crippen molar-refractivity contribution in [3.8, 4) is 0 Å². The highest BCUT2D eigenvalue weighted by Crippen LogP contribution is 2.21. The topological polar surface area (TPSA) is 69.6 Å². The van der Waals surface area contributed by atoms with Crippen LogP contribution in [-0.2, 0) is 4.79 Å². The van der Waals surface area contributed by atoms with E-state index in [2.05, 4.69) is 5.32 Å². The third-order valence-corrected chi connectivity index (χ3v) is 3.44. The zero-order chi connectivity index (χ0) is 13.9. The van der Waals surface area contributed by atoms with Crippen molar-refractivity contribution in [1.82, 2.24) is 10.2 Å². The molecule has 0 spiro atoms. The number of likely N-dealkylation sites (tertiary alicyclic amines) is 1. The van der Waals surface area contributed by atoms with Gasteiger partial charge < -0.3 is 15.3 Å². The van der Waals surface area contributed by atoms with E-state index in [1.165, 1.54) is 0 Å². The lowest BCUT2D eigenvalue weighted by molar-refractivity contribution is -0.142. The molecule has 0 saturated carbocycles. The molecule has 0 radical (unpaired) electrons. The van der Waals surface area contributed by atoms with Gasteiger partial charge in [0.2, 0.25) is 0 Å². The van der Waals surface area contributed by atoms with E-state index < -0.39 is 17.4 Å². The monoisotopic (exact) mass is 256 g/mol. The highest BCUT2D eigenvalue weighted by atomic mass is 16.4. The van der Waals surface area contributed by atoms with Crippen LogP contribution in [0.15, 0.2) is 0 Å². The number of hydrogen-bond donors (Lipinski definition) is 2. The van der Waals surface area contributed by atoms with Crippen molar-refractivity contribution in [2.75, 3.05) is 6.54 Å². The molecule has 0 aromatic carbocycles. The predicted octanol–water partition coefficient (Wildman–Crippen LogP) is 2.07. The van der Waals surface area contributed by atoms with Crippen molar-refractivity contribution in [2.24, 2.45) is 5.41 Å². The Bertz CT molecular complexity index is 323. The van der Waals surface area contributed by atoms with E-state index in [1.807, 2.05) is 27.7 Å². The summed E-state index contributed by atoms with van der Waals surface area (Å²) >= 11 is 0. The summed E-state index contributed by atoms with van der Waals surface area (Å²) in [6.07, 6.45) is 3.11. The number of carbonyl (C=O) groups excluding carboxylic acids is 1. The lowest BCUT2D eigenvalue weighted by Crippen LogP contribution is -2.55. The van der Waals surface area contributed by atoms with Gasteiger partial charge in [0.05, 0.1) is 0 Å². The number of rotatable bonds is 2. The minimum absolute atomic E-state index is 0.188. The average Bonchev–Trinajstić information content (AvgIpc) is 2.24. The molecule has 1 aliphatic heterocycles. The van der Waals surface area contributed by atoms with Gasteiger partial charge >= 0.3 is 12.0 Å². The van der Waals surface area contributed by atoms with Crippen LogP contribution in [0.2, 0.25) is 0 Å². The van der Waals surface area contributed by atoms with Gasteiger partial charge in [0.1, 0.15) is 6.04 Å². The fourth-order valence-corrected chi connectivity index (χ4v) is 2.25. The number of carboxylic acid groups (broad SMARTS) is 1. The summed E-state index contributed by atoms with van der Waals surface area (Å²) in [7, 11) is 0. The maximum Gasteiger partial charge on any atom is 0.326 e. The lowest BCUT2D eigenvalue weighted by Gasteiger charge is -2.36. The molecule has 0 aliphatic carbocycles. The second kappa shape index (κ2) is 5.59. The van der Waals surface area contributed by atoms with E-state index in [-0.39, 0.29) is 12.1 Å². The second-order valence-corrected chi connectivity index (χ2v) is 6.12. The van der Waals surface area contributed by atoms with E-state index in [9.17, 15) is 14.7 Å². The molecule has 2 amide bonds. The van der Waals surface area contributed by atoms with Gasteiger partial charge in [-0.15, -0.1) is 0 Å². The van der Waals surface area contributed by atoms with Gasteiger partial charge in [-0.05, 0) is 31.6 Å². The summed E-state index contributed by atoms with van der Waals surface area (Å²) in [6.45, 7) is 8.15. The first-order valence-electron chi connectivity index (χ1n) is 6.53. The van der Waals surface area contributed by atoms with Crippen LogP contribution >= 0.6 is 0 Å². The molecule has 1 heterocycles. The third kappa shape index (κ3) is 3.62. The zero-order valence-electron chi connectivity index (χ0n) is 11.7. The largest absolute Gasteiger partial charge is 0.480 e. The van der Waals surface area contributed by atoms with E-state index >= 15 is 0 Å². The maximum atomic E-state index is 12.1. The van der Waals surface area contributed by atoms with Crippen LogP contribution in [0.1, 0.15) is 47.0 Å². The maximum absolute atomic E-state index is 12.1. The van der Waals surface area contributed by atoms with Crippen molar-refractivity contribution >= 4 is 12.0 Å². The number of amides is 2. The van der Waals surface area contributed by atoms with Crippen LogP contribution in [0.25, 0.3) is 0 Å². The second-order valence-electron chi connectivity index (χ2n) is 6.12. The Morgan fingerprint density at radius 1 is 1.33 bits per heavy atom. The van der Waals surface area contributed by atoms with Crippen molar-refractivity contribution in [2.45, 2.75) is 59.0 Å². The number of nitrogens with one attached hydrogen (secondary N) is 1. The van der Waals surface area contributed by atoms with Crippen molar-refractivity contribution in [3.63, 3.8) is 0 Å². The van der Waals surface area contributed by atoms with Crippen LogP contribution in [0, 0.1) is 5.41 Å². The molecule has 0 aromatic rings. The van der Waals surface area contributed by atoms with E-state index in [1.54, 1.807) is 4.90 Å². The number of hydrogen-bond acceptors (Lipinski definition) is 2. The Morgan fingerprint density at radius 3 is 2.39 bits per heavy atom. The molecule has 2 N–H and O–H groups in total. The molecule has 0 bridgehead atoms. The summed E-state index contributed by atoms with van der Waals surface area (Å²) in [5.74, 6) is -0.986. The first kappa shape index (κ1) is 14.8. The smallest absolute Gasteiger partial charge is 0.326 e. The van der Waals surface area contributed by atoms with Gasteiger partial charge in [-0.3, -0.25) is 0 Å². The molecule has 104 valence electrons.